The minimum atomic E-state index is -0.286. The molecule has 1 amide bonds. The van der Waals surface area contributed by atoms with Crippen molar-refractivity contribution in [1.29, 1.82) is 0 Å². The summed E-state index contributed by atoms with van der Waals surface area (Å²) in [6.45, 7) is 7.90. The number of carbonyl (C=O) groups excluding carboxylic acids is 1. The van der Waals surface area contributed by atoms with Crippen LogP contribution < -0.4 is 9.47 Å². The molecule has 3 atom stereocenters. The zero-order chi connectivity index (χ0) is 20.3. The number of rotatable bonds is 6. The van der Waals surface area contributed by atoms with Crippen LogP contribution >= 0.6 is 11.8 Å². The number of hydrogen-bond donors (Lipinski definition) is 0. The molecule has 7 nitrogen and oxygen atoms in total. The van der Waals surface area contributed by atoms with Crippen LogP contribution in [0.5, 0.6) is 11.5 Å². The summed E-state index contributed by atoms with van der Waals surface area (Å²) in [7, 11) is 3.17. The molecule has 8 heteroatoms. The molecular weight excluding hydrogens is 378 g/mol. The second-order valence-corrected chi connectivity index (χ2v) is 8.72. The largest absolute Gasteiger partial charge is 0.497 e. The van der Waals surface area contributed by atoms with Gasteiger partial charge in [0.1, 0.15) is 11.5 Å². The molecule has 1 aliphatic rings. The summed E-state index contributed by atoms with van der Waals surface area (Å²) < 4.78 is 16.3. The maximum absolute atomic E-state index is 12.8. The standard InChI is InChI=1S/C20H27N3O4S/c1-12-6-13(2)11-23(10-12)19(24)14(3)28-20-22-21-18(27-20)15-7-16(25-4)9-17(8-15)26-5/h7-9,12-14H,6,10-11H2,1-5H3. The van der Waals surface area contributed by atoms with Gasteiger partial charge in [-0.05, 0) is 37.3 Å². The van der Waals surface area contributed by atoms with E-state index in [2.05, 4.69) is 24.0 Å². The van der Waals surface area contributed by atoms with Crippen LogP contribution in [0.3, 0.4) is 0 Å². The van der Waals surface area contributed by atoms with Crippen molar-refractivity contribution in [2.24, 2.45) is 11.8 Å². The Balaban J connectivity index is 1.70. The molecule has 3 rings (SSSR count). The summed E-state index contributed by atoms with van der Waals surface area (Å²) in [5.41, 5.74) is 0.702. The van der Waals surface area contributed by atoms with E-state index in [0.717, 1.165) is 13.1 Å². The summed E-state index contributed by atoms with van der Waals surface area (Å²) in [6, 6.07) is 5.38. The predicted octanol–water partition coefficient (Wildman–Crippen LogP) is 3.74. The Morgan fingerprint density at radius 1 is 1.14 bits per heavy atom. The molecule has 0 N–H and O–H groups in total. The highest BCUT2D eigenvalue weighted by Gasteiger charge is 2.29. The monoisotopic (exact) mass is 405 g/mol. The number of piperidine rings is 1. The maximum atomic E-state index is 12.8. The van der Waals surface area contributed by atoms with Crippen molar-refractivity contribution < 1.29 is 18.7 Å². The minimum absolute atomic E-state index is 0.117. The van der Waals surface area contributed by atoms with Crippen molar-refractivity contribution in [3.05, 3.63) is 18.2 Å². The Labute approximate surface area is 169 Å². The summed E-state index contributed by atoms with van der Waals surface area (Å²) in [6.07, 6.45) is 1.17. The van der Waals surface area contributed by atoms with Crippen LogP contribution in [0.4, 0.5) is 0 Å². The van der Waals surface area contributed by atoms with E-state index in [1.807, 2.05) is 11.8 Å². The highest BCUT2D eigenvalue weighted by molar-refractivity contribution is 8.00. The lowest BCUT2D eigenvalue weighted by Crippen LogP contribution is -2.45. The van der Waals surface area contributed by atoms with Gasteiger partial charge < -0.3 is 18.8 Å². The molecule has 0 aliphatic carbocycles. The molecule has 1 aliphatic heterocycles. The van der Waals surface area contributed by atoms with Crippen LogP contribution in [0.15, 0.2) is 27.8 Å². The fourth-order valence-corrected chi connectivity index (χ4v) is 4.37. The second kappa shape index (κ2) is 8.86. The van der Waals surface area contributed by atoms with Gasteiger partial charge in [-0.25, -0.2) is 0 Å². The predicted molar refractivity (Wildman–Crippen MR) is 108 cm³/mol. The van der Waals surface area contributed by atoms with E-state index in [-0.39, 0.29) is 11.2 Å². The Morgan fingerprint density at radius 2 is 1.75 bits per heavy atom. The van der Waals surface area contributed by atoms with Gasteiger partial charge >= 0.3 is 0 Å². The van der Waals surface area contributed by atoms with Crippen molar-refractivity contribution in [3.63, 3.8) is 0 Å². The van der Waals surface area contributed by atoms with Gasteiger partial charge in [0.15, 0.2) is 0 Å². The van der Waals surface area contributed by atoms with Gasteiger partial charge in [0.2, 0.25) is 11.8 Å². The van der Waals surface area contributed by atoms with Crippen LogP contribution in [-0.4, -0.2) is 53.6 Å². The van der Waals surface area contributed by atoms with Crippen molar-refractivity contribution in [3.8, 4) is 23.0 Å². The molecule has 2 aromatic rings. The van der Waals surface area contributed by atoms with Crippen LogP contribution in [-0.2, 0) is 4.79 Å². The van der Waals surface area contributed by atoms with Gasteiger partial charge in [-0.2, -0.15) is 0 Å². The average Bonchev–Trinajstić information content (AvgIpc) is 3.14. The number of carbonyl (C=O) groups is 1. The quantitative estimate of drug-likeness (QED) is 0.678. The smallest absolute Gasteiger partial charge is 0.277 e. The van der Waals surface area contributed by atoms with Crippen LogP contribution in [0, 0.1) is 11.8 Å². The summed E-state index contributed by atoms with van der Waals surface area (Å²) in [4.78, 5) is 14.8. The number of thioether (sulfide) groups is 1. The van der Waals surface area contributed by atoms with Crippen molar-refractivity contribution in [2.45, 2.75) is 37.7 Å². The first kappa shape index (κ1) is 20.5. The van der Waals surface area contributed by atoms with E-state index >= 15 is 0 Å². The molecule has 152 valence electrons. The highest BCUT2D eigenvalue weighted by Crippen LogP contribution is 2.32. The lowest BCUT2D eigenvalue weighted by molar-refractivity contribution is -0.132. The lowest BCUT2D eigenvalue weighted by atomic mass is 9.92. The van der Waals surface area contributed by atoms with Crippen molar-refractivity contribution >= 4 is 17.7 Å². The molecule has 28 heavy (non-hydrogen) atoms. The van der Waals surface area contributed by atoms with Gasteiger partial charge in [0, 0.05) is 24.7 Å². The van der Waals surface area contributed by atoms with Gasteiger partial charge in [0.05, 0.1) is 19.5 Å². The van der Waals surface area contributed by atoms with E-state index in [1.54, 1.807) is 32.4 Å². The van der Waals surface area contributed by atoms with E-state index in [9.17, 15) is 4.79 Å². The van der Waals surface area contributed by atoms with Gasteiger partial charge in [0.25, 0.3) is 5.22 Å². The fraction of sp³-hybridized carbons (Fsp3) is 0.550. The van der Waals surface area contributed by atoms with Gasteiger partial charge in [-0.3, -0.25) is 4.79 Å². The second-order valence-electron chi connectivity index (χ2n) is 7.42. The molecule has 0 bridgehead atoms. The molecule has 1 fully saturated rings. The topological polar surface area (TPSA) is 77.7 Å². The number of benzene rings is 1. The van der Waals surface area contributed by atoms with E-state index in [1.165, 1.54) is 18.2 Å². The molecular formula is C20H27N3O4S. The third-order valence-corrected chi connectivity index (χ3v) is 5.73. The van der Waals surface area contributed by atoms with E-state index < -0.39 is 0 Å². The Morgan fingerprint density at radius 3 is 2.32 bits per heavy atom. The number of hydrogen-bond acceptors (Lipinski definition) is 7. The minimum Gasteiger partial charge on any atom is -0.497 e. The molecule has 1 saturated heterocycles. The van der Waals surface area contributed by atoms with Crippen LogP contribution in [0.25, 0.3) is 11.5 Å². The third kappa shape index (κ3) is 4.79. The van der Waals surface area contributed by atoms with Gasteiger partial charge in [-0.1, -0.05) is 25.6 Å². The summed E-state index contributed by atoms with van der Waals surface area (Å²) in [5.74, 6) is 2.81. The number of likely N-dealkylation sites (tertiary alicyclic amines) is 1. The number of methoxy groups -OCH3 is 2. The summed E-state index contributed by atoms with van der Waals surface area (Å²) >= 11 is 1.29. The summed E-state index contributed by atoms with van der Waals surface area (Å²) in [5, 5.41) is 8.29. The van der Waals surface area contributed by atoms with Crippen LogP contribution in [0.1, 0.15) is 27.2 Å². The molecule has 0 saturated carbocycles. The number of aromatic nitrogens is 2. The van der Waals surface area contributed by atoms with Gasteiger partial charge in [-0.15, -0.1) is 10.2 Å². The van der Waals surface area contributed by atoms with E-state index in [0.29, 0.717) is 40.0 Å². The SMILES string of the molecule is COc1cc(OC)cc(-c2nnc(SC(C)C(=O)N3CC(C)CC(C)C3)o2)c1. The molecule has 1 aromatic carbocycles. The van der Waals surface area contributed by atoms with E-state index in [4.69, 9.17) is 13.9 Å². The Kier molecular flexibility index (Phi) is 6.49. The maximum Gasteiger partial charge on any atom is 0.277 e. The molecule has 0 spiro atoms. The average molecular weight is 406 g/mol. The number of amides is 1. The third-order valence-electron chi connectivity index (χ3n) is 4.81. The normalized spacial score (nSPS) is 20.7. The number of nitrogens with zero attached hydrogens (tertiary/aromatic N) is 3. The first-order chi connectivity index (χ1) is 13.4. The Bertz CT molecular complexity index is 793. The first-order valence-corrected chi connectivity index (χ1v) is 10.3. The highest BCUT2D eigenvalue weighted by atomic mass is 32.2. The zero-order valence-corrected chi connectivity index (χ0v) is 17.8. The molecule has 0 radical (unpaired) electrons. The fourth-order valence-electron chi connectivity index (χ4n) is 3.61. The molecule has 3 unspecified atom stereocenters. The number of ether oxygens (including phenoxy) is 2. The molecule has 2 heterocycles. The van der Waals surface area contributed by atoms with Crippen molar-refractivity contribution in [1.82, 2.24) is 15.1 Å². The molecule has 1 aromatic heterocycles. The first-order valence-electron chi connectivity index (χ1n) is 9.42. The Hall–Kier alpha value is -2.22. The van der Waals surface area contributed by atoms with Crippen molar-refractivity contribution in [2.75, 3.05) is 27.3 Å². The zero-order valence-electron chi connectivity index (χ0n) is 17.0. The van der Waals surface area contributed by atoms with Crippen LogP contribution in [0.2, 0.25) is 0 Å². The lowest BCUT2D eigenvalue weighted by Gasteiger charge is -2.36.